The zero-order valence-corrected chi connectivity index (χ0v) is 11.2. The van der Waals surface area contributed by atoms with Gasteiger partial charge in [-0.2, -0.15) is 0 Å². The molecule has 18 heavy (non-hydrogen) atoms. The van der Waals surface area contributed by atoms with E-state index in [0.717, 1.165) is 30.9 Å². The van der Waals surface area contributed by atoms with Crippen LogP contribution in [0.3, 0.4) is 0 Å². The number of nitrogens with zero attached hydrogens (tertiary/aromatic N) is 1. The molecule has 1 heterocycles. The fraction of sp³-hybridized carbons (Fsp3) is 0.571. The molecule has 0 amide bonds. The maximum absolute atomic E-state index is 5.99. The van der Waals surface area contributed by atoms with Crippen LogP contribution < -0.4 is 15.4 Å². The van der Waals surface area contributed by atoms with E-state index in [2.05, 4.69) is 18.0 Å². The Labute approximate surface area is 109 Å². The highest BCUT2D eigenvalue weighted by Gasteiger charge is 2.36. The predicted molar refractivity (Wildman–Crippen MR) is 73.2 cm³/mol. The van der Waals surface area contributed by atoms with Gasteiger partial charge in [-0.05, 0) is 25.0 Å². The summed E-state index contributed by atoms with van der Waals surface area (Å²) in [5.41, 5.74) is 7.02. The van der Waals surface area contributed by atoms with E-state index in [1.54, 1.807) is 7.11 Å². The van der Waals surface area contributed by atoms with Crippen molar-refractivity contribution in [1.29, 1.82) is 0 Å². The number of benzene rings is 1. The Bertz CT molecular complexity index is 389. The van der Waals surface area contributed by atoms with Gasteiger partial charge in [0.2, 0.25) is 0 Å². The number of nitrogens with two attached hydrogens (primary N) is 1. The average Bonchev–Trinajstić information content (AvgIpc) is 2.47. The smallest absolute Gasteiger partial charge is 0.120 e. The fourth-order valence-corrected chi connectivity index (χ4v) is 2.49. The van der Waals surface area contributed by atoms with E-state index in [0.29, 0.717) is 13.2 Å². The number of hydrogen-bond donors (Lipinski definition) is 1. The van der Waals surface area contributed by atoms with Crippen LogP contribution in [0.15, 0.2) is 24.3 Å². The third-order valence-electron chi connectivity index (χ3n) is 3.83. The molecule has 0 saturated carbocycles. The molecule has 1 aromatic rings. The third kappa shape index (κ3) is 2.44. The summed E-state index contributed by atoms with van der Waals surface area (Å²) in [5.74, 6) is 0.864. The molecule has 2 rings (SSSR count). The Hall–Kier alpha value is -1.26. The van der Waals surface area contributed by atoms with Crippen molar-refractivity contribution in [3.8, 4) is 5.75 Å². The van der Waals surface area contributed by atoms with Gasteiger partial charge in [0.05, 0.1) is 19.3 Å². The van der Waals surface area contributed by atoms with Crippen LogP contribution in [0.2, 0.25) is 0 Å². The van der Waals surface area contributed by atoms with Gasteiger partial charge >= 0.3 is 0 Å². The molecule has 1 aliphatic rings. The SMILES string of the molecule is COc1cccc(N(C)C2(CN)CCCOC2)c1. The molecule has 1 unspecified atom stereocenters. The molecule has 1 aromatic carbocycles. The molecule has 0 aliphatic carbocycles. The summed E-state index contributed by atoms with van der Waals surface area (Å²) in [7, 11) is 3.76. The Kier molecular flexibility index (Phi) is 4.09. The summed E-state index contributed by atoms with van der Waals surface area (Å²) in [4.78, 5) is 2.23. The summed E-state index contributed by atoms with van der Waals surface area (Å²) in [5, 5.41) is 0. The maximum Gasteiger partial charge on any atom is 0.120 e. The Morgan fingerprint density at radius 2 is 2.33 bits per heavy atom. The summed E-state index contributed by atoms with van der Waals surface area (Å²) >= 11 is 0. The van der Waals surface area contributed by atoms with Crippen molar-refractivity contribution in [2.24, 2.45) is 5.73 Å². The first-order chi connectivity index (χ1) is 8.72. The van der Waals surface area contributed by atoms with Gasteiger partial charge in [0, 0.05) is 32.0 Å². The van der Waals surface area contributed by atoms with Gasteiger partial charge in [0.15, 0.2) is 0 Å². The van der Waals surface area contributed by atoms with Crippen LogP contribution in [-0.4, -0.2) is 39.5 Å². The number of methoxy groups -OCH3 is 1. The molecule has 2 N–H and O–H groups in total. The van der Waals surface area contributed by atoms with Gasteiger partial charge < -0.3 is 20.1 Å². The molecular weight excluding hydrogens is 228 g/mol. The normalized spacial score (nSPS) is 23.7. The number of hydrogen-bond acceptors (Lipinski definition) is 4. The minimum atomic E-state index is -0.0926. The maximum atomic E-state index is 5.99. The zero-order chi connectivity index (χ0) is 13.0. The molecule has 4 heteroatoms. The second-order valence-corrected chi connectivity index (χ2v) is 4.85. The first-order valence-electron chi connectivity index (χ1n) is 6.37. The van der Waals surface area contributed by atoms with Crippen LogP contribution in [0.4, 0.5) is 5.69 Å². The Morgan fingerprint density at radius 3 is 2.94 bits per heavy atom. The van der Waals surface area contributed by atoms with E-state index in [4.69, 9.17) is 15.2 Å². The van der Waals surface area contributed by atoms with Crippen molar-refractivity contribution in [2.75, 3.05) is 38.8 Å². The summed E-state index contributed by atoms with van der Waals surface area (Å²) < 4.78 is 10.9. The van der Waals surface area contributed by atoms with Gasteiger partial charge in [0.25, 0.3) is 0 Å². The van der Waals surface area contributed by atoms with Crippen LogP contribution in [-0.2, 0) is 4.74 Å². The fourth-order valence-electron chi connectivity index (χ4n) is 2.49. The van der Waals surface area contributed by atoms with Gasteiger partial charge in [-0.25, -0.2) is 0 Å². The molecule has 0 aromatic heterocycles. The molecular formula is C14H22N2O2. The van der Waals surface area contributed by atoms with Crippen molar-refractivity contribution < 1.29 is 9.47 Å². The summed E-state index contributed by atoms with van der Waals surface area (Å²) in [6.07, 6.45) is 2.13. The second kappa shape index (κ2) is 5.59. The van der Waals surface area contributed by atoms with Gasteiger partial charge in [-0.15, -0.1) is 0 Å². The predicted octanol–water partition coefficient (Wildman–Crippen LogP) is 1.64. The first kappa shape index (κ1) is 13.2. The van der Waals surface area contributed by atoms with Crippen molar-refractivity contribution in [1.82, 2.24) is 0 Å². The number of likely N-dealkylation sites (N-methyl/N-ethyl adjacent to an activating group) is 1. The molecule has 0 radical (unpaired) electrons. The van der Waals surface area contributed by atoms with Gasteiger partial charge in [-0.1, -0.05) is 6.07 Å². The van der Waals surface area contributed by atoms with E-state index >= 15 is 0 Å². The number of anilines is 1. The zero-order valence-electron chi connectivity index (χ0n) is 11.2. The number of rotatable bonds is 4. The van der Waals surface area contributed by atoms with Crippen molar-refractivity contribution in [2.45, 2.75) is 18.4 Å². The van der Waals surface area contributed by atoms with E-state index < -0.39 is 0 Å². The minimum Gasteiger partial charge on any atom is -0.497 e. The lowest BCUT2D eigenvalue weighted by Crippen LogP contribution is -2.57. The third-order valence-corrected chi connectivity index (χ3v) is 3.83. The van der Waals surface area contributed by atoms with Crippen LogP contribution >= 0.6 is 0 Å². The molecule has 0 spiro atoms. The van der Waals surface area contributed by atoms with Crippen LogP contribution in [0.5, 0.6) is 5.75 Å². The average molecular weight is 250 g/mol. The van der Waals surface area contributed by atoms with Crippen LogP contribution in [0, 0.1) is 0 Å². The molecule has 1 fully saturated rings. The highest BCUT2D eigenvalue weighted by molar-refractivity contribution is 5.52. The molecule has 1 atom stereocenters. The van der Waals surface area contributed by atoms with E-state index in [1.165, 1.54) is 0 Å². The quantitative estimate of drug-likeness (QED) is 0.882. The standard InChI is InChI=1S/C14H22N2O2/c1-16(12-5-3-6-13(9-12)17-2)14(10-15)7-4-8-18-11-14/h3,5-6,9H,4,7-8,10-11,15H2,1-2H3. The summed E-state index contributed by atoms with van der Waals surface area (Å²) in [6.45, 7) is 2.13. The van der Waals surface area contributed by atoms with Crippen molar-refractivity contribution >= 4 is 5.69 Å². The molecule has 1 aliphatic heterocycles. The van der Waals surface area contributed by atoms with E-state index in [9.17, 15) is 0 Å². The van der Waals surface area contributed by atoms with E-state index in [-0.39, 0.29) is 5.54 Å². The van der Waals surface area contributed by atoms with Crippen molar-refractivity contribution in [3.63, 3.8) is 0 Å². The Morgan fingerprint density at radius 1 is 1.50 bits per heavy atom. The Balaban J connectivity index is 2.24. The number of ether oxygens (including phenoxy) is 2. The largest absolute Gasteiger partial charge is 0.497 e. The van der Waals surface area contributed by atoms with Crippen LogP contribution in [0.25, 0.3) is 0 Å². The topological polar surface area (TPSA) is 47.7 Å². The summed E-state index contributed by atoms with van der Waals surface area (Å²) in [6, 6.07) is 8.06. The molecule has 1 saturated heterocycles. The lowest BCUT2D eigenvalue weighted by Gasteiger charge is -2.44. The lowest BCUT2D eigenvalue weighted by molar-refractivity contribution is 0.0396. The second-order valence-electron chi connectivity index (χ2n) is 4.85. The monoisotopic (exact) mass is 250 g/mol. The minimum absolute atomic E-state index is 0.0926. The molecule has 4 nitrogen and oxygen atoms in total. The molecule has 0 bridgehead atoms. The first-order valence-corrected chi connectivity index (χ1v) is 6.37. The van der Waals surface area contributed by atoms with E-state index in [1.807, 2.05) is 18.2 Å². The van der Waals surface area contributed by atoms with Gasteiger partial charge in [0.1, 0.15) is 5.75 Å². The van der Waals surface area contributed by atoms with Crippen molar-refractivity contribution in [3.05, 3.63) is 24.3 Å². The highest BCUT2D eigenvalue weighted by Crippen LogP contribution is 2.30. The van der Waals surface area contributed by atoms with Gasteiger partial charge in [-0.3, -0.25) is 0 Å². The van der Waals surface area contributed by atoms with Crippen LogP contribution in [0.1, 0.15) is 12.8 Å². The molecule has 100 valence electrons. The lowest BCUT2D eigenvalue weighted by atomic mass is 9.90. The highest BCUT2D eigenvalue weighted by atomic mass is 16.5.